The number of nitrogens with zero attached hydrogens (tertiary/aromatic N) is 7. The molecule has 1 amide bonds. The van der Waals surface area contributed by atoms with E-state index in [1.807, 2.05) is 25.1 Å². The highest BCUT2D eigenvalue weighted by Crippen LogP contribution is 2.15. The van der Waals surface area contributed by atoms with Crippen LogP contribution in [-0.2, 0) is 6.42 Å². The van der Waals surface area contributed by atoms with Crippen molar-refractivity contribution in [3.05, 3.63) is 66.0 Å². The highest BCUT2D eigenvalue weighted by atomic mass is 16.2. The number of aromatic nitrogens is 5. The first kappa shape index (κ1) is 17.2. The number of rotatable bonds is 6. The first-order chi connectivity index (χ1) is 12.7. The van der Waals surface area contributed by atoms with Gasteiger partial charge in [-0.3, -0.25) is 4.79 Å². The largest absolute Gasteiger partial charge is 0.338 e. The zero-order chi connectivity index (χ0) is 18.4. The van der Waals surface area contributed by atoms with Gasteiger partial charge in [0.25, 0.3) is 5.91 Å². The molecule has 0 radical (unpaired) electrons. The maximum atomic E-state index is 13.0. The molecule has 3 aromatic rings. The van der Waals surface area contributed by atoms with Crippen LogP contribution in [-0.4, -0.2) is 48.9 Å². The Morgan fingerprint density at radius 2 is 1.96 bits per heavy atom. The van der Waals surface area contributed by atoms with E-state index in [-0.39, 0.29) is 5.91 Å². The zero-order valence-electron chi connectivity index (χ0n) is 14.3. The Balaban J connectivity index is 1.78. The average molecular weight is 347 g/mol. The van der Waals surface area contributed by atoms with Crippen LogP contribution in [0.4, 0.5) is 0 Å². The van der Waals surface area contributed by atoms with Crippen molar-refractivity contribution >= 4 is 5.91 Å². The number of carbonyl (C=O) groups excluding carboxylic acids is 1. The topological polar surface area (TPSA) is 101 Å². The van der Waals surface area contributed by atoms with Crippen molar-refractivity contribution in [2.45, 2.75) is 13.3 Å². The Labute approximate surface area is 150 Å². The number of hydrogen-bond donors (Lipinski definition) is 0. The van der Waals surface area contributed by atoms with Crippen LogP contribution in [0.2, 0.25) is 0 Å². The van der Waals surface area contributed by atoms with Gasteiger partial charge in [0.1, 0.15) is 17.6 Å². The Morgan fingerprint density at radius 1 is 1.19 bits per heavy atom. The minimum atomic E-state index is -0.114. The molecule has 0 bridgehead atoms. The molecular weight excluding hydrogens is 330 g/mol. The van der Waals surface area contributed by atoms with Gasteiger partial charge in [0, 0.05) is 25.7 Å². The number of amides is 1. The predicted molar refractivity (Wildman–Crippen MR) is 93.4 cm³/mol. The van der Waals surface area contributed by atoms with Crippen LogP contribution in [0, 0.1) is 11.3 Å². The van der Waals surface area contributed by atoms with Gasteiger partial charge in [0.05, 0.1) is 23.6 Å². The molecule has 0 atom stereocenters. The summed E-state index contributed by atoms with van der Waals surface area (Å²) in [7, 11) is 0. The second-order valence-electron chi connectivity index (χ2n) is 5.44. The molecule has 0 aliphatic carbocycles. The summed E-state index contributed by atoms with van der Waals surface area (Å²) in [5.74, 6) is 0.425. The Hall–Kier alpha value is -3.60. The van der Waals surface area contributed by atoms with Crippen molar-refractivity contribution in [3.8, 4) is 11.8 Å². The minimum absolute atomic E-state index is 0.114. The standard InChI is InChI=1S/C18H17N7O/c1-2-24(12-8-17-20-9-7-14(13-19)23-17)18(26)15-5-3-4-6-16(15)25-21-10-11-22-25/h3-7,9-11H,2,8,12H2,1H3. The second kappa shape index (κ2) is 7.98. The number of likely N-dealkylation sites (N-methyl/N-ethyl adjacent to an activating group) is 1. The van der Waals surface area contributed by atoms with Crippen LogP contribution >= 0.6 is 0 Å². The molecule has 0 saturated heterocycles. The first-order valence-electron chi connectivity index (χ1n) is 8.20. The van der Waals surface area contributed by atoms with Crippen molar-refractivity contribution in [1.82, 2.24) is 29.9 Å². The van der Waals surface area contributed by atoms with E-state index < -0.39 is 0 Å². The van der Waals surface area contributed by atoms with Crippen LogP contribution in [0.15, 0.2) is 48.9 Å². The number of carbonyl (C=O) groups is 1. The number of nitriles is 1. The highest BCUT2D eigenvalue weighted by molar-refractivity contribution is 5.97. The van der Waals surface area contributed by atoms with E-state index in [9.17, 15) is 4.79 Å². The Morgan fingerprint density at radius 3 is 2.69 bits per heavy atom. The summed E-state index contributed by atoms with van der Waals surface area (Å²) in [5.41, 5.74) is 1.47. The molecule has 26 heavy (non-hydrogen) atoms. The quantitative estimate of drug-likeness (QED) is 0.672. The van der Waals surface area contributed by atoms with Gasteiger partial charge >= 0.3 is 0 Å². The molecular formula is C18H17N7O. The normalized spacial score (nSPS) is 10.3. The van der Waals surface area contributed by atoms with E-state index in [1.165, 1.54) is 4.80 Å². The molecule has 0 N–H and O–H groups in total. The van der Waals surface area contributed by atoms with Crippen LogP contribution in [0.25, 0.3) is 5.69 Å². The van der Waals surface area contributed by atoms with Crippen LogP contribution in [0.1, 0.15) is 28.8 Å². The summed E-state index contributed by atoms with van der Waals surface area (Å²) < 4.78 is 0. The monoisotopic (exact) mass is 347 g/mol. The summed E-state index contributed by atoms with van der Waals surface area (Å²) in [5, 5.41) is 17.1. The van der Waals surface area contributed by atoms with Gasteiger partial charge < -0.3 is 4.90 Å². The Bertz CT molecular complexity index is 931. The van der Waals surface area contributed by atoms with Gasteiger partial charge in [-0.25, -0.2) is 9.97 Å². The van der Waals surface area contributed by atoms with Gasteiger partial charge in [0.15, 0.2) is 0 Å². The number of para-hydroxylation sites is 1. The highest BCUT2D eigenvalue weighted by Gasteiger charge is 2.19. The maximum absolute atomic E-state index is 13.0. The van der Waals surface area contributed by atoms with Crippen molar-refractivity contribution < 1.29 is 4.79 Å². The summed E-state index contributed by atoms with van der Waals surface area (Å²) >= 11 is 0. The van der Waals surface area contributed by atoms with Crippen molar-refractivity contribution in [3.63, 3.8) is 0 Å². The fourth-order valence-corrected chi connectivity index (χ4v) is 2.56. The lowest BCUT2D eigenvalue weighted by Crippen LogP contribution is -2.33. The third-order valence-corrected chi connectivity index (χ3v) is 3.86. The average Bonchev–Trinajstić information content (AvgIpc) is 3.23. The zero-order valence-corrected chi connectivity index (χ0v) is 14.3. The van der Waals surface area contributed by atoms with E-state index in [0.717, 1.165) is 0 Å². The fraction of sp³-hybridized carbons (Fsp3) is 0.222. The van der Waals surface area contributed by atoms with E-state index in [2.05, 4.69) is 20.2 Å². The molecule has 0 spiro atoms. The summed E-state index contributed by atoms with van der Waals surface area (Å²) in [4.78, 5) is 24.5. The molecule has 2 aromatic heterocycles. The molecule has 1 aromatic carbocycles. The minimum Gasteiger partial charge on any atom is -0.338 e. The lowest BCUT2D eigenvalue weighted by atomic mass is 10.1. The van der Waals surface area contributed by atoms with Gasteiger partial charge in [0.2, 0.25) is 0 Å². The molecule has 0 unspecified atom stereocenters. The maximum Gasteiger partial charge on any atom is 0.256 e. The van der Waals surface area contributed by atoms with Gasteiger partial charge in [-0.1, -0.05) is 12.1 Å². The second-order valence-corrected chi connectivity index (χ2v) is 5.44. The number of benzene rings is 1. The number of hydrogen-bond acceptors (Lipinski definition) is 6. The molecule has 0 aliphatic rings. The first-order valence-corrected chi connectivity index (χ1v) is 8.20. The van der Waals surface area contributed by atoms with E-state index >= 15 is 0 Å². The van der Waals surface area contributed by atoms with Crippen LogP contribution < -0.4 is 0 Å². The molecule has 8 heteroatoms. The molecule has 0 aliphatic heterocycles. The smallest absolute Gasteiger partial charge is 0.256 e. The SMILES string of the molecule is CCN(CCc1nccc(C#N)n1)C(=O)c1ccccc1-n1nccn1. The third kappa shape index (κ3) is 3.72. The molecule has 8 nitrogen and oxygen atoms in total. The fourth-order valence-electron chi connectivity index (χ4n) is 2.56. The van der Waals surface area contributed by atoms with Crippen LogP contribution in [0.5, 0.6) is 0 Å². The molecule has 130 valence electrons. The summed E-state index contributed by atoms with van der Waals surface area (Å²) in [6, 6.07) is 10.8. The third-order valence-electron chi connectivity index (χ3n) is 3.86. The van der Waals surface area contributed by atoms with E-state index in [0.29, 0.717) is 42.3 Å². The van der Waals surface area contributed by atoms with Crippen LogP contribution in [0.3, 0.4) is 0 Å². The molecule has 2 heterocycles. The lowest BCUT2D eigenvalue weighted by Gasteiger charge is -2.21. The predicted octanol–water partition coefficient (Wildman–Crippen LogP) is 1.63. The van der Waals surface area contributed by atoms with Crippen molar-refractivity contribution in [1.29, 1.82) is 5.26 Å². The van der Waals surface area contributed by atoms with Gasteiger partial charge in [-0.05, 0) is 25.1 Å². The summed E-state index contributed by atoms with van der Waals surface area (Å²) in [6.07, 6.45) is 5.16. The lowest BCUT2D eigenvalue weighted by molar-refractivity contribution is 0.0765. The molecule has 0 saturated carbocycles. The molecule has 3 rings (SSSR count). The van der Waals surface area contributed by atoms with E-state index in [1.54, 1.807) is 41.7 Å². The summed E-state index contributed by atoms with van der Waals surface area (Å²) in [6.45, 7) is 2.90. The van der Waals surface area contributed by atoms with Crippen molar-refractivity contribution in [2.75, 3.05) is 13.1 Å². The van der Waals surface area contributed by atoms with E-state index in [4.69, 9.17) is 5.26 Å². The molecule has 0 fully saturated rings. The van der Waals surface area contributed by atoms with Gasteiger partial charge in [-0.15, -0.1) is 0 Å². The van der Waals surface area contributed by atoms with Crippen molar-refractivity contribution in [2.24, 2.45) is 0 Å². The van der Waals surface area contributed by atoms with Gasteiger partial charge in [-0.2, -0.15) is 20.3 Å². The Kier molecular flexibility index (Phi) is 5.29.